The Morgan fingerprint density at radius 2 is 1.56 bits per heavy atom. The Morgan fingerprint density at radius 3 is 2.21 bits per heavy atom. The van der Waals surface area contributed by atoms with E-state index < -0.39 is 17.8 Å². The average molecular weight is 519 g/mol. The second-order valence-electron chi connectivity index (χ2n) is 8.27. The second-order valence-corrected chi connectivity index (χ2v) is 9.12. The van der Waals surface area contributed by atoms with Crippen molar-refractivity contribution in [2.45, 2.75) is 27.4 Å². The molecule has 3 aromatic rings. The van der Waals surface area contributed by atoms with Crippen LogP contribution in [0.3, 0.4) is 0 Å². The fourth-order valence-electron chi connectivity index (χ4n) is 3.71. The third-order valence-electron chi connectivity index (χ3n) is 5.35. The number of benzene rings is 3. The van der Waals surface area contributed by atoms with Gasteiger partial charge in [0.05, 0.1) is 10.2 Å². The van der Waals surface area contributed by atoms with E-state index in [9.17, 15) is 14.4 Å². The van der Waals surface area contributed by atoms with Crippen molar-refractivity contribution in [3.63, 3.8) is 0 Å². The average Bonchev–Trinajstić information content (AvgIpc) is 2.76. The lowest BCUT2D eigenvalue weighted by Crippen LogP contribution is -2.54. The number of imide groups is 2. The molecule has 0 saturated carbocycles. The molecule has 1 aliphatic heterocycles. The molecule has 0 aromatic heterocycles. The van der Waals surface area contributed by atoms with Crippen LogP contribution in [0.2, 0.25) is 0 Å². The number of hydrogen-bond donors (Lipinski definition) is 1. The van der Waals surface area contributed by atoms with E-state index in [0.29, 0.717) is 28.1 Å². The summed E-state index contributed by atoms with van der Waals surface area (Å²) in [5.41, 5.74) is 4.94. The van der Waals surface area contributed by atoms with Gasteiger partial charge in [0.2, 0.25) is 0 Å². The number of carbonyl (C=O) groups excluding carboxylic acids is 3. The van der Waals surface area contributed by atoms with Gasteiger partial charge in [0.1, 0.15) is 17.9 Å². The maximum absolute atomic E-state index is 13.1. The van der Waals surface area contributed by atoms with Crippen LogP contribution in [0.25, 0.3) is 6.08 Å². The number of nitrogens with one attached hydrogen (secondary N) is 1. The zero-order valence-electron chi connectivity index (χ0n) is 19.0. The standard InChI is InChI=1S/C27H23BrN2O4/c1-16-4-6-19(7-5-16)15-34-24-9-8-20(14-23(24)28)13-22-25(31)29-27(33)30(26(22)32)21-11-17(2)10-18(3)12-21/h4-14H,15H2,1-3H3,(H,29,31,33)/b22-13+. The first-order chi connectivity index (χ1) is 16.2. The molecule has 0 aliphatic carbocycles. The van der Waals surface area contributed by atoms with E-state index in [2.05, 4.69) is 21.2 Å². The number of amides is 4. The van der Waals surface area contributed by atoms with Gasteiger partial charge in [-0.2, -0.15) is 0 Å². The van der Waals surface area contributed by atoms with E-state index in [1.807, 2.05) is 51.1 Å². The molecule has 6 nitrogen and oxygen atoms in total. The number of rotatable bonds is 5. The number of aryl methyl sites for hydroxylation is 3. The molecule has 4 amide bonds. The highest BCUT2D eigenvalue weighted by Crippen LogP contribution is 2.29. The van der Waals surface area contributed by atoms with Gasteiger partial charge in [0.15, 0.2) is 0 Å². The monoisotopic (exact) mass is 518 g/mol. The van der Waals surface area contributed by atoms with Crippen LogP contribution in [0.4, 0.5) is 10.5 Å². The van der Waals surface area contributed by atoms with Crippen molar-refractivity contribution in [2.24, 2.45) is 0 Å². The van der Waals surface area contributed by atoms with Crippen LogP contribution in [0.5, 0.6) is 5.75 Å². The van der Waals surface area contributed by atoms with E-state index in [0.717, 1.165) is 21.6 Å². The van der Waals surface area contributed by atoms with Crippen LogP contribution in [-0.2, 0) is 16.2 Å². The highest BCUT2D eigenvalue weighted by molar-refractivity contribution is 9.10. The van der Waals surface area contributed by atoms with Crippen LogP contribution in [0.1, 0.15) is 27.8 Å². The van der Waals surface area contributed by atoms with Gasteiger partial charge in [0, 0.05) is 0 Å². The van der Waals surface area contributed by atoms with Gasteiger partial charge in [-0.1, -0.05) is 42.0 Å². The predicted molar refractivity (Wildman–Crippen MR) is 135 cm³/mol. The number of nitrogens with zero attached hydrogens (tertiary/aromatic N) is 1. The van der Waals surface area contributed by atoms with Gasteiger partial charge < -0.3 is 4.74 Å². The minimum absolute atomic E-state index is 0.126. The maximum Gasteiger partial charge on any atom is 0.335 e. The fourth-order valence-corrected chi connectivity index (χ4v) is 4.22. The van der Waals surface area contributed by atoms with Crippen LogP contribution in [-0.4, -0.2) is 17.8 Å². The summed E-state index contributed by atoms with van der Waals surface area (Å²) in [6, 6.07) is 18.0. The molecular formula is C27H23BrN2O4. The quantitative estimate of drug-likeness (QED) is 0.351. The van der Waals surface area contributed by atoms with Crippen molar-refractivity contribution in [2.75, 3.05) is 4.90 Å². The first kappa shape index (κ1) is 23.4. The highest BCUT2D eigenvalue weighted by atomic mass is 79.9. The van der Waals surface area contributed by atoms with Gasteiger partial charge >= 0.3 is 6.03 Å². The largest absolute Gasteiger partial charge is 0.488 e. The Bertz CT molecular complexity index is 1310. The lowest BCUT2D eigenvalue weighted by atomic mass is 10.1. The molecule has 1 aliphatic rings. The summed E-state index contributed by atoms with van der Waals surface area (Å²) in [6.07, 6.45) is 1.47. The van der Waals surface area contributed by atoms with Crippen LogP contribution < -0.4 is 15.0 Å². The molecule has 1 fully saturated rings. The summed E-state index contributed by atoms with van der Waals surface area (Å²) in [7, 11) is 0. The Morgan fingerprint density at radius 1 is 0.882 bits per heavy atom. The van der Waals surface area contributed by atoms with E-state index in [-0.39, 0.29) is 5.57 Å². The third-order valence-corrected chi connectivity index (χ3v) is 5.97. The Hall–Kier alpha value is -3.71. The number of hydrogen-bond acceptors (Lipinski definition) is 4. The minimum atomic E-state index is -0.766. The van der Waals surface area contributed by atoms with Crippen molar-refractivity contribution < 1.29 is 19.1 Å². The molecule has 1 saturated heterocycles. The molecule has 0 atom stereocenters. The molecule has 0 bridgehead atoms. The van der Waals surface area contributed by atoms with E-state index in [1.165, 1.54) is 11.6 Å². The van der Waals surface area contributed by atoms with Gasteiger partial charge in [0.25, 0.3) is 11.8 Å². The molecule has 7 heteroatoms. The summed E-state index contributed by atoms with van der Waals surface area (Å²) >= 11 is 3.50. The topological polar surface area (TPSA) is 75.7 Å². The molecule has 1 heterocycles. The number of anilines is 1. The minimum Gasteiger partial charge on any atom is -0.488 e. The lowest BCUT2D eigenvalue weighted by Gasteiger charge is -2.27. The summed E-state index contributed by atoms with van der Waals surface area (Å²) in [4.78, 5) is 39.1. The lowest BCUT2D eigenvalue weighted by molar-refractivity contribution is -0.122. The van der Waals surface area contributed by atoms with Crippen LogP contribution in [0.15, 0.2) is 70.7 Å². The number of ether oxygens (including phenoxy) is 1. The van der Waals surface area contributed by atoms with Crippen molar-refractivity contribution in [3.8, 4) is 5.75 Å². The van der Waals surface area contributed by atoms with Crippen molar-refractivity contribution in [1.29, 1.82) is 0 Å². The van der Waals surface area contributed by atoms with E-state index >= 15 is 0 Å². The first-order valence-corrected chi connectivity index (χ1v) is 11.5. The highest BCUT2D eigenvalue weighted by Gasteiger charge is 2.37. The number of urea groups is 1. The molecule has 172 valence electrons. The molecule has 34 heavy (non-hydrogen) atoms. The normalized spacial score (nSPS) is 15.0. The Balaban J connectivity index is 1.57. The van der Waals surface area contributed by atoms with Crippen molar-refractivity contribution in [3.05, 3.63) is 98.5 Å². The number of carbonyl (C=O) groups is 3. The molecule has 0 radical (unpaired) electrons. The molecule has 0 unspecified atom stereocenters. The molecule has 4 rings (SSSR count). The SMILES string of the molecule is Cc1ccc(COc2ccc(/C=C3\C(=O)NC(=O)N(c4cc(C)cc(C)c4)C3=O)cc2Br)cc1. The summed E-state index contributed by atoms with van der Waals surface area (Å²) in [5, 5.41) is 2.26. The number of barbiturate groups is 1. The zero-order valence-corrected chi connectivity index (χ0v) is 20.6. The Kier molecular flexibility index (Phi) is 6.65. The van der Waals surface area contributed by atoms with Crippen molar-refractivity contribution in [1.82, 2.24) is 5.32 Å². The van der Waals surface area contributed by atoms with Gasteiger partial charge in [-0.3, -0.25) is 14.9 Å². The predicted octanol–water partition coefficient (Wildman–Crippen LogP) is 5.62. The summed E-state index contributed by atoms with van der Waals surface area (Å²) in [6.45, 7) is 6.20. The van der Waals surface area contributed by atoms with Crippen molar-refractivity contribution >= 4 is 45.5 Å². The fraction of sp³-hybridized carbons (Fsp3) is 0.148. The van der Waals surface area contributed by atoms with Crippen LogP contribution in [0, 0.1) is 20.8 Å². The van der Waals surface area contributed by atoms with Gasteiger partial charge in [-0.15, -0.1) is 0 Å². The summed E-state index contributed by atoms with van der Waals surface area (Å²) in [5.74, 6) is -0.768. The first-order valence-electron chi connectivity index (χ1n) is 10.7. The maximum atomic E-state index is 13.1. The third kappa shape index (κ3) is 5.10. The zero-order chi connectivity index (χ0) is 24.4. The van der Waals surface area contributed by atoms with Gasteiger partial charge in [-0.25, -0.2) is 9.69 Å². The Labute approximate surface area is 206 Å². The molecule has 3 aromatic carbocycles. The second kappa shape index (κ2) is 9.65. The molecular weight excluding hydrogens is 496 g/mol. The van der Waals surface area contributed by atoms with E-state index in [1.54, 1.807) is 30.3 Å². The smallest absolute Gasteiger partial charge is 0.335 e. The van der Waals surface area contributed by atoms with E-state index in [4.69, 9.17) is 4.74 Å². The number of halogens is 1. The van der Waals surface area contributed by atoms with Gasteiger partial charge in [-0.05, 0) is 89.3 Å². The molecule has 1 N–H and O–H groups in total. The van der Waals surface area contributed by atoms with Crippen LogP contribution >= 0.6 is 15.9 Å². The summed E-state index contributed by atoms with van der Waals surface area (Å²) < 4.78 is 6.58. The molecule has 0 spiro atoms.